The van der Waals surface area contributed by atoms with Crippen LogP contribution in [-0.4, -0.2) is 50.6 Å². The molecule has 0 bridgehead atoms. The summed E-state index contributed by atoms with van der Waals surface area (Å²) in [4.78, 5) is 44.9. The van der Waals surface area contributed by atoms with Crippen LogP contribution >= 0.6 is 0 Å². The number of carbonyl (C=O) groups excluding carboxylic acids is 2. The van der Waals surface area contributed by atoms with E-state index in [0.29, 0.717) is 25.3 Å². The summed E-state index contributed by atoms with van der Waals surface area (Å²) in [7, 11) is 0. The number of halogens is 1. The van der Waals surface area contributed by atoms with Crippen molar-refractivity contribution in [2.45, 2.75) is 6.54 Å². The lowest BCUT2D eigenvalue weighted by Gasteiger charge is -2.34. The van der Waals surface area contributed by atoms with Crippen molar-refractivity contribution in [1.82, 2.24) is 19.2 Å². The summed E-state index contributed by atoms with van der Waals surface area (Å²) in [5, 5.41) is 0. The Labute approximate surface area is 159 Å². The number of nitrogens with zero attached hydrogens (tertiary/aromatic N) is 4. The van der Waals surface area contributed by atoms with Crippen molar-refractivity contribution in [2.75, 3.05) is 19.6 Å². The molecule has 28 heavy (non-hydrogen) atoms. The Morgan fingerprint density at radius 1 is 1.07 bits per heavy atom. The molecule has 0 spiro atoms. The highest BCUT2D eigenvalue weighted by Gasteiger charge is 2.29. The average Bonchev–Trinajstić information content (AvgIpc) is 2.71. The summed E-state index contributed by atoms with van der Waals surface area (Å²) < 4.78 is 14.3. The van der Waals surface area contributed by atoms with Gasteiger partial charge in [-0.05, 0) is 29.8 Å². The zero-order valence-corrected chi connectivity index (χ0v) is 14.9. The van der Waals surface area contributed by atoms with Crippen molar-refractivity contribution in [1.29, 1.82) is 0 Å². The van der Waals surface area contributed by atoms with Gasteiger partial charge in [-0.3, -0.25) is 18.8 Å². The molecule has 0 atom stereocenters. The number of aromatic nitrogens is 2. The van der Waals surface area contributed by atoms with Gasteiger partial charge in [0.1, 0.15) is 23.6 Å². The Morgan fingerprint density at radius 3 is 2.61 bits per heavy atom. The number of benzene rings is 1. The molecule has 2 amide bonds. The molecule has 1 aliphatic rings. The predicted octanol–water partition coefficient (Wildman–Crippen LogP) is 1.32. The lowest BCUT2D eigenvalue weighted by molar-refractivity contribution is -0.135. The van der Waals surface area contributed by atoms with Gasteiger partial charge < -0.3 is 9.80 Å². The summed E-state index contributed by atoms with van der Waals surface area (Å²) >= 11 is 0. The summed E-state index contributed by atoms with van der Waals surface area (Å²) in [6, 6.07) is 11.1. The molecule has 0 aliphatic carbocycles. The molecule has 2 aromatic heterocycles. The van der Waals surface area contributed by atoms with E-state index < -0.39 is 11.5 Å². The van der Waals surface area contributed by atoms with Gasteiger partial charge in [0.05, 0.1) is 0 Å². The van der Waals surface area contributed by atoms with E-state index in [4.69, 9.17) is 0 Å². The van der Waals surface area contributed by atoms with Crippen LogP contribution in [0.5, 0.6) is 0 Å². The molecule has 142 valence electrons. The zero-order valence-electron chi connectivity index (χ0n) is 14.9. The summed E-state index contributed by atoms with van der Waals surface area (Å²) in [6.45, 7) is 0.880. The molecular formula is C20H17FN4O3. The van der Waals surface area contributed by atoms with Gasteiger partial charge in [0.25, 0.3) is 11.5 Å². The molecule has 7 nitrogen and oxygen atoms in total. The maximum Gasteiger partial charge on any atom is 0.270 e. The van der Waals surface area contributed by atoms with E-state index >= 15 is 0 Å². The van der Waals surface area contributed by atoms with Crippen LogP contribution in [0, 0.1) is 5.82 Å². The molecular weight excluding hydrogens is 363 g/mol. The maximum atomic E-state index is 13.0. The first-order chi connectivity index (χ1) is 13.5. The fraction of sp³-hybridized carbons (Fsp3) is 0.200. The van der Waals surface area contributed by atoms with E-state index in [1.165, 1.54) is 27.6 Å². The Balaban J connectivity index is 1.49. The Morgan fingerprint density at radius 2 is 1.86 bits per heavy atom. The van der Waals surface area contributed by atoms with Gasteiger partial charge in [-0.25, -0.2) is 9.37 Å². The van der Waals surface area contributed by atoms with Crippen LogP contribution in [0.3, 0.4) is 0 Å². The number of piperazine rings is 1. The minimum absolute atomic E-state index is 0.0662. The van der Waals surface area contributed by atoms with Crippen LogP contribution in [0.15, 0.2) is 59.7 Å². The van der Waals surface area contributed by atoms with Crippen molar-refractivity contribution >= 4 is 17.5 Å². The van der Waals surface area contributed by atoms with Gasteiger partial charge in [-0.15, -0.1) is 0 Å². The van der Waals surface area contributed by atoms with Crippen molar-refractivity contribution in [3.63, 3.8) is 0 Å². The molecule has 0 unspecified atom stereocenters. The first kappa shape index (κ1) is 17.8. The minimum atomic E-state index is -0.509. The summed E-state index contributed by atoms with van der Waals surface area (Å²) in [6.07, 6.45) is 2.81. The number of carbonyl (C=O) groups is 2. The van der Waals surface area contributed by atoms with Crippen LogP contribution in [0.2, 0.25) is 0 Å². The molecule has 8 heteroatoms. The normalized spacial score (nSPS) is 14.5. The zero-order chi connectivity index (χ0) is 19.7. The van der Waals surface area contributed by atoms with Gasteiger partial charge in [0, 0.05) is 32.0 Å². The van der Waals surface area contributed by atoms with Gasteiger partial charge in [-0.2, -0.15) is 0 Å². The monoisotopic (exact) mass is 380 g/mol. The van der Waals surface area contributed by atoms with Crippen LogP contribution in [-0.2, 0) is 11.3 Å². The van der Waals surface area contributed by atoms with Crippen LogP contribution < -0.4 is 5.56 Å². The standard InChI is InChI=1S/C20H17FN4O3/c21-15-6-4-14(5-7-15)12-23-9-10-24(13-18(23)26)19(27)16-11-22-17-3-1-2-8-25(17)20(16)28/h1-8,11H,9-10,12-13H2. The second-order valence-electron chi connectivity index (χ2n) is 6.57. The molecule has 4 rings (SSSR count). The second-order valence-corrected chi connectivity index (χ2v) is 6.57. The van der Waals surface area contributed by atoms with Gasteiger partial charge >= 0.3 is 0 Å². The predicted molar refractivity (Wildman–Crippen MR) is 99.2 cm³/mol. The van der Waals surface area contributed by atoms with E-state index in [0.717, 1.165) is 5.56 Å². The molecule has 0 radical (unpaired) electrons. The van der Waals surface area contributed by atoms with Crippen molar-refractivity contribution in [3.8, 4) is 0 Å². The van der Waals surface area contributed by atoms with Gasteiger partial charge in [-0.1, -0.05) is 18.2 Å². The number of pyridine rings is 1. The SMILES string of the molecule is O=C1CN(C(=O)c2cnc3ccccn3c2=O)CCN1Cc1ccc(F)cc1. The molecule has 3 aromatic rings. The molecule has 0 N–H and O–H groups in total. The van der Waals surface area contributed by atoms with Crippen molar-refractivity contribution in [3.05, 3.63) is 82.2 Å². The molecule has 1 aromatic carbocycles. The first-order valence-corrected chi connectivity index (χ1v) is 8.81. The number of hydrogen-bond acceptors (Lipinski definition) is 4. The molecule has 1 aliphatic heterocycles. The number of fused-ring (bicyclic) bond motifs is 1. The largest absolute Gasteiger partial charge is 0.335 e. The smallest absolute Gasteiger partial charge is 0.270 e. The molecule has 0 saturated carbocycles. The lowest BCUT2D eigenvalue weighted by Crippen LogP contribution is -2.52. The lowest BCUT2D eigenvalue weighted by atomic mass is 10.2. The summed E-state index contributed by atoms with van der Waals surface area (Å²) in [5.74, 6) is -1.07. The number of amides is 2. The highest BCUT2D eigenvalue weighted by Crippen LogP contribution is 2.12. The average molecular weight is 380 g/mol. The third-order valence-electron chi connectivity index (χ3n) is 4.74. The van der Waals surface area contributed by atoms with Crippen LogP contribution in [0.4, 0.5) is 4.39 Å². The summed E-state index contributed by atoms with van der Waals surface area (Å²) in [5.41, 5.74) is 0.732. The quantitative estimate of drug-likeness (QED) is 0.687. The van der Waals surface area contributed by atoms with E-state index in [1.54, 1.807) is 41.4 Å². The molecule has 1 fully saturated rings. The fourth-order valence-electron chi connectivity index (χ4n) is 3.20. The Bertz CT molecular complexity index is 1110. The Hall–Kier alpha value is -3.55. The third kappa shape index (κ3) is 3.36. The van der Waals surface area contributed by atoms with Gasteiger partial charge in [0.15, 0.2) is 0 Å². The van der Waals surface area contributed by atoms with E-state index in [1.807, 2.05) is 0 Å². The number of rotatable bonds is 3. The van der Waals surface area contributed by atoms with E-state index in [9.17, 15) is 18.8 Å². The van der Waals surface area contributed by atoms with Crippen LogP contribution in [0.25, 0.3) is 5.65 Å². The second kappa shape index (κ2) is 7.22. The minimum Gasteiger partial charge on any atom is -0.335 e. The highest BCUT2D eigenvalue weighted by atomic mass is 19.1. The van der Waals surface area contributed by atoms with Crippen molar-refractivity contribution < 1.29 is 14.0 Å². The maximum absolute atomic E-state index is 13.0. The number of hydrogen-bond donors (Lipinski definition) is 0. The molecule has 3 heterocycles. The van der Waals surface area contributed by atoms with E-state index in [-0.39, 0.29) is 23.8 Å². The third-order valence-corrected chi connectivity index (χ3v) is 4.74. The topological polar surface area (TPSA) is 75.0 Å². The highest BCUT2D eigenvalue weighted by molar-refractivity contribution is 5.96. The van der Waals surface area contributed by atoms with Crippen LogP contribution in [0.1, 0.15) is 15.9 Å². The van der Waals surface area contributed by atoms with Crippen molar-refractivity contribution in [2.24, 2.45) is 0 Å². The Kier molecular flexibility index (Phi) is 4.60. The first-order valence-electron chi connectivity index (χ1n) is 8.81. The van der Waals surface area contributed by atoms with E-state index in [2.05, 4.69) is 4.98 Å². The van der Waals surface area contributed by atoms with Gasteiger partial charge in [0.2, 0.25) is 5.91 Å². The fourth-order valence-corrected chi connectivity index (χ4v) is 3.20. The molecule has 1 saturated heterocycles.